The van der Waals surface area contributed by atoms with Gasteiger partial charge in [-0.05, 0) is 78.9 Å². The Bertz CT molecular complexity index is 1550. The molecule has 0 radical (unpaired) electrons. The van der Waals surface area contributed by atoms with Crippen LogP contribution in [0.15, 0.2) is 153 Å². The Kier molecular flexibility index (Phi) is 8.50. The monoisotopic (exact) mass is 558 g/mol. The fraction of sp³-hybridized carbons (Fsp3) is 0. The standard InChI is InChI=1S/C34H22O4S2/c35-31(23-14-18-29(19-15-23)39-27-10-3-1-4-11-27)33(37)25-8-7-9-26(22-25)34(38)32(36)24-16-20-30(21-17-24)40-28-12-5-2-6-13-28/h1-22H. The van der Waals surface area contributed by atoms with E-state index in [1.54, 1.807) is 72.1 Å². The van der Waals surface area contributed by atoms with E-state index in [9.17, 15) is 19.2 Å². The molecule has 5 rings (SSSR count). The highest BCUT2D eigenvalue weighted by molar-refractivity contribution is 7.99. The van der Waals surface area contributed by atoms with Gasteiger partial charge in [-0.1, -0.05) is 78.1 Å². The van der Waals surface area contributed by atoms with Crippen molar-refractivity contribution in [2.75, 3.05) is 0 Å². The quantitative estimate of drug-likeness (QED) is 0.127. The van der Waals surface area contributed by atoms with Crippen LogP contribution in [-0.4, -0.2) is 23.1 Å². The third kappa shape index (κ3) is 6.54. The lowest BCUT2D eigenvalue weighted by atomic mass is 9.96. The van der Waals surface area contributed by atoms with Crippen LogP contribution in [-0.2, 0) is 0 Å². The molecular weight excluding hydrogens is 537 g/mol. The Balaban J connectivity index is 1.25. The first-order valence-corrected chi connectivity index (χ1v) is 14.1. The van der Waals surface area contributed by atoms with Gasteiger partial charge in [-0.25, -0.2) is 0 Å². The molecule has 0 unspecified atom stereocenters. The van der Waals surface area contributed by atoms with Crippen molar-refractivity contribution >= 4 is 46.7 Å². The first kappa shape index (κ1) is 27.1. The van der Waals surface area contributed by atoms with Crippen LogP contribution in [0.5, 0.6) is 0 Å². The molecule has 0 heterocycles. The van der Waals surface area contributed by atoms with Crippen molar-refractivity contribution in [1.82, 2.24) is 0 Å². The van der Waals surface area contributed by atoms with Gasteiger partial charge in [-0.2, -0.15) is 0 Å². The highest BCUT2D eigenvalue weighted by atomic mass is 32.2. The number of ketones is 4. The second-order valence-corrected chi connectivity index (χ2v) is 11.1. The van der Waals surface area contributed by atoms with Gasteiger partial charge in [-0.3, -0.25) is 19.2 Å². The number of hydrogen-bond acceptors (Lipinski definition) is 6. The number of hydrogen-bond donors (Lipinski definition) is 0. The van der Waals surface area contributed by atoms with E-state index < -0.39 is 23.1 Å². The molecule has 0 aliphatic heterocycles. The van der Waals surface area contributed by atoms with E-state index in [-0.39, 0.29) is 22.3 Å². The average Bonchev–Trinajstić information content (AvgIpc) is 3.01. The lowest BCUT2D eigenvalue weighted by molar-refractivity contribution is 0.0812. The zero-order valence-corrected chi connectivity index (χ0v) is 22.8. The molecule has 0 atom stereocenters. The minimum atomic E-state index is -0.743. The molecule has 0 aliphatic rings. The lowest BCUT2D eigenvalue weighted by Crippen LogP contribution is -2.17. The Labute approximate surface area is 240 Å². The molecule has 194 valence electrons. The highest BCUT2D eigenvalue weighted by Crippen LogP contribution is 2.29. The van der Waals surface area contributed by atoms with Gasteiger partial charge in [0.05, 0.1) is 0 Å². The molecule has 4 nitrogen and oxygen atoms in total. The second kappa shape index (κ2) is 12.6. The largest absolute Gasteiger partial charge is 0.285 e. The Morgan fingerprint density at radius 2 is 0.650 bits per heavy atom. The van der Waals surface area contributed by atoms with Crippen LogP contribution >= 0.6 is 23.5 Å². The van der Waals surface area contributed by atoms with Gasteiger partial charge in [-0.15, -0.1) is 0 Å². The van der Waals surface area contributed by atoms with Crippen LogP contribution < -0.4 is 0 Å². The maximum Gasteiger partial charge on any atom is 0.233 e. The minimum absolute atomic E-state index is 0.0565. The fourth-order valence-electron chi connectivity index (χ4n) is 3.92. The van der Waals surface area contributed by atoms with Crippen molar-refractivity contribution in [2.45, 2.75) is 19.6 Å². The summed E-state index contributed by atoms with van der Waals surface area (Å²) < 4.78 is 0. The summed E-state index contributed by atoms with van der Waals surface area (Å²) in [5.74, 6) is -2.85. The van der Waals surface area contributed by atoms with Crippen LogP contribution in [0.25, 0.3) is 0 Å². The topological polar surface area (TPSA) is 68.3 Å². The molecule has 0 N–H and O–H groups in total. The molecule has 0 saturated carbocycles. The third-order valence-electron chi connectivity index (χ3n) is 5.99. The number of carbonyl (C=O) groups excluding carboxylic acids is 4. The molecule has 0 aromatic heterocycles. The van der Waals surface area contributed by atoms with E-state index in [0.717, 1.165) is 19.6 Å². The van der Waals surface area contributed by atoms with Crippen molar-refractivity contribution in [1.29, 1.82) is 0 Å². The van der Waals surface area contributed by atoms with Crippen molar-refractivity contribution in [2.24, 2.45) is 0 Å². The number of Topliss-reactive ketones (excluding diaryl/α,β-unsaturated/α-hetero) is 4. The molecule has 5 aromatic carbocycles. The Hall–Kier alpha value is -4.52. The van der Waals surface area contributed by atoms with E-state index >= 15 is 0 Å². The molecule has 0 bridgehead atoms. The summed E-state index contributed by atoms with van der Waals surface area (Å²) in [4.78, 5) is 55.8. The predicted octanol–water partition coefficient (Wildman–Crippen LogP) is 8.12. The van der Waals surface area contributed by atoms with E-state index in [1.807, 2.05) is 60.7 Å². The zero-order chi connectivity index (χ0) is 27.9. The predicted molar refractivity (Wildman–Crippen MR) is 158 cm³/mol. The van der Waals surface area contributed by atoms with Gasteiger partial charge >= 0.3 is 0 Å². The van der Waals surface area contributed by atoms with E-state index in [0.29, 0.717) is 0 Å². The van der Waals surface area contributed by atoms with Crippen LogP contribution in [0.3, 0.4) is 0 Å². The summed E-state index contributed by atoms with van der Waals surface area (Å²) in [5, 5.41) is 0. The first-order valence-electron chi connectivity index (χ1n) is 12.4. The summed E-state index contributed by atoms with van der Waals surface area (Å²) in [6, 6.07) is 39.0. The molecular formula is C34H22O4S2. The van der Waals surface area contributed by atoms with Crippen LogP contribution in [0.2, 0.25) is 0 Å². The molecule has 40 heavy (non-hydrogen) atoms. The van der Waals surface area contributed by atoms with Gasteiger partial charge in [0.25, 0.3) is 0 Å². The number of carbonyl (C=O) groups is 4. The van der Waals surface area contributed by atoms with Crippen LogP contribution in [0.1, 0.15) is 41.4 Å². The molecule has 0 saturated heterocycles. The van der Waals surface area contributed by atoms with Gasteiger partial charge < -0.3 is 0 Å². The molecule has 0 spiro atoms. The van der Waals surface area contributed by atoms with Crippen LogP contribution in [0, 0.1) is 0 Å². The summed E-state index contributed by atoms with van der Waals surface area (Å²) in [6.45, 7) is 0. The van der Waals surface area contributed by atoms with Crippen LogP contribution in [0.4, 0.5) is 0 Å². The maximum absolute atomic E-state index is 13.0. The first-order chi connectivity index (χ1) is 19.5. The number of rotatable bonds is 10. The second-order valence-electron chi connectivity index (χ2n) is 8.78. The third-order valence-corrected chi connectivity index (χ3v) is 8.02. The maximum atomic E-state index is 13.0. The fourth-order valence-corrected chi connectivity index (χ4v) is 5.60. The Morgan fingerprint density at radius 1 is 0.325 bits per heavy atom. The average molecular weight is 559 g/mol. The zero-order valence-electron chi connectivity index (χ0n) is 21.2. The summed E-state index contributed by atoms with van der Waals surface area (Å²) in [5.41, 5.74) is 0.620. The van der Waals surface area contributed by atoms with Crippen molar-refractivity contribution in [3.05, 3.63) is 156 Å². The lowest BCUT2D eigenvalue weighted by Gasteiger charge is -2.06. The highest BCUT2D eigenvalue weighted by Gasteiger charge is 2.22. The van der Waals surface area contributed by atoms with E-state index in [2.05, 4.69) is 0 Å². The van der Waals surface area contributed by atoms with Gasteiger partial charge in [0.2, 0.25) is 23.1 Å². The van der Waals surface area contributed by atoms with Crippen molar-refractivity contribution < 1.29 is 19.2 Å². The van der Waals surface area contributed by atoms with Gasteiger partial charge in [0.1, 0.15) is 0 Å². The van der Waals surface area contributed by atoms with Crippen molar-refractivity contribution in [3.63, 3.8) is 0 Å². The normalized spacial score (nSPS) is 10.6. The number of benzene rings is 5. The summed E-state index contributed by atoms with van der Waals surface area (Å²) in [7, 11) is 0. The molecule has 0 aliphatic carbocycles. The van der Waals surface area contributed by atoms with Crippen molar-refractivity contribution in [3.8, 4) is 0 Å². The van der Waals surface area contributed by atoms with E-state index in [1.165, 1.54) is 24.3 Å². The minimum Gasteiger partial charge on any atom is -0.285 e. The summed E-state index contributed by atoms with van der Waals surface area (Å²) >= 11 is 3.11. The summed E-state index contributed by atoms with van der Waals surface area (Å²) in [6.07, 6.45) is 0. The van der Waals surface area contributed by atoms with Gasteiger partial charge in [0.15, 0.2) is 0 Å². The Morgan fingerprint density at radius 3 is 1.02 bits per heavy atom. The SMILES string of the molecule is O=C(C(=O)c1cccc(C(=O)C(=O)c2ccc(Sc3ccccc3)cc2)c1)c1ccc(Sc2ccccc2)cc1. The molecule has 6 heteroatoms. The molecule has 5 aromatic rings. The molecule has 0 fully saturated rings. The smallest absolute Gasteiger partial charge is 0.233 e. The van der Waals surface area contributed by atoms with Gasteiger partial charge in [0, 0.05) is 41.8 Å². The molecule has 0 amide bonds. The van der Waals surface area contributed by atoms with E-state index in [4.69, 9.17) is 0 Å².